The minimum absolute atomic E-state index is 0.00363. The summed E-state index contributed by atoms with van der Waals surface area (Å²) in [5.74, 6) is -0.170. The van der Waals surface area contributed by atoms with Crippen LogP contribution in [0.5, 0.6) is 11.5 Å². The van der Waals surface area contributed by atoms with E-state index < -0.39 is 5.82 Å². The van der Waals surface area contributed by atoms with E-state index in [9.17, 15) is 9.18 Å². The van der Waals surface area contributed by atoms with Crippen LogP contribution in [0.4, 0.5) is 4.39 Å². The van der Waals surface area contributed by atoms with Gasteiger partial charge in [0.2, 0.25) is 0 Å². The van der Waals surface area contributed by atoms with E-state index in [0.717, 1.165) is 0 Å². The van der Waals surface area contributed by atoms with Crippen LogP contribution in [0.3, 0.4) is 0 Å². The lowest BCUT2D eigenvalue weighted by atomic mass is 10.2. The molecule has 0 fully saturated rings. The van der Waals surface area contributed by atoms with Gasteiger partial charge in [-0.3, -0.25) is 4.79 Å². The molecule has 0 aliphatic rings. The smallest absolute Gasteiger partial charge is 0.184 e. The summed E-state index contributed by atoms with van der Waals surface area (Å²) >= 11 is 8.87. The lowest BCUT2D eigenvalue weighted by Crippen LogP contribution is -1.90. The monoisotopic (exact) mass is 328 g/mol. The number of carbonyl (C=O) groups excluding carboxylic acids is 1. The number of benzene rings is 2. The first-order valence-corrected chi connectivity index (χ1v) is 6.15. The van der Waals surface area contributed by atoms with Gasteiger partial charge in [0.15, 0.2) is 17.9 Å². The number of carbonyl (C=O) groups is 1. The minimum Gasteiger partial charge on any atom is -0.454 e. The molecule has 0 saturated heterocycles. The summed E-state index contributed by atoms with van der Waals surface area (Å²) in [4.78, 5) is 10.6. The van der Waals surface area contributed by atoms with E-state index in [4.69, 9.17) is 16.3 Å². The van der Waals surface area contributed by atoms with Gasteiger partial charge < -0.3 is 4.74 Å². The zero-order chi connectivity index (χ0) is 13.1. The van der Waals surface area contributed by atoms with Crippen LogP contribution in [0.1, 0.15) is 10.4 Å². The zero-order valence-electron chi connectivity index (χ0n) is 8.99. The summed E-state index contributed by atoms with van der Waals surface area (Å²) in [5.41, 5.74) is 0.494. The molecule has 0 saturated carbocycles. The topological polar surface area (TPSA) is 26.3 Å². The Morgan fingerprint density at radius 3 is 2.72 bits per heavy atom. The van der Waals surface area contributed by atoms with E-state index in [1.807, 2.05) is 0 Å². The average Bonchev–Trinajstić information content (AvgIpc) is 2.35. The predicted octanol–water partition coefficient (Wildman–Crippen LogP) is 4.85. The van der Waals surface area contributed by atoms with Gasteiger partial charge in [0.1, 0.15) is 5.75 Å². The standard InChI is InChI=1S/C13H7BrClFO2/c14-10-6-9(5-4-8(10)7-17)18-12-3-1-2-11(15)13(12)16/h1-7H. The van der Waals surface area contributed by atoms with Crippen LogP contribution in [0.2, 0.25) is 5.02 Å². The number of hydrogen-bond donors (Lipinski definition) is 0. The summed E-state index contributed by atoms with van der Waals surface area (Å²) in [6, 6.07) is 9.25. The molecule has 5 heteroatoms. The van der Waals surface area contributed by atoms with Gasteiger partial charge >= 0.3 is 0 Å². The number of aldehydes is 1. The van der Waals surface area contributed by atoms with Gasteiger partial charge in [0, 0.05) is 10.0 Å². The molecule has 0 atom stereocenters. The van der Waals surface area contributed by atoms with Gasteiger partial charge in [-0.15, -0.1) is 0 Å². The molecule has 0 bridgehead atoms. The maximum atomic E-state index is 13.6. The highest BCUT2D eigenvalue weighted by molar-refractivity contribution is 9.10. The van der Waals surface area contributed by atoms with Crippen molar-refractivity contribution in [3.05, 3.63) is 57.3 Å². The number of hydrogen-bond acceptors (Lipinski definition) is 2. The zero-order valence-corrected chi connectivity index (χ0v) is 11.3. The van der Waals surface area contributed by atoms with Gasteiger partial charge in [-0.1, -0.05) is 17.7 Å². The molecule has 0 aliphatic heterocycles. The Hall–Kier alpha value is -1.39. The van der Waals surface area contributed by atoms with Crippen LogP contribution in [-0.2, 0) is 0 Å². The van der Waals surface area contributed by atoms with Crippen LogP contribution in [0.15, 0.2) is 40.9 Å². The first kappa shape index (κ1) is 13.1. The highest BCUT2D eigenvalue weighted by atomic mass is 79.9. The molecule has 2 aromatic carbocycles. The third-order valence-electron chi connectivity index (χ3n) is 2.24. The molecule has 18 heavy (non-hydrogen) atoms. The molecule has 92 valence electrons. The third kappa shape index (κ3) is 2.71. The van der Waals surface area contributed by atoms with Crippen molar-refractivity contribution in [1.29, 1.82) is 0 Å². The lowest BCUT2D eigenvalue weighted by Gasteiger charge is -2.08. The first-order valence-electron chi connectivity index (χ1n) is 4.98. The largest absolute Gasteiger partial charge is 0.454 e. The molecule has 0 heterocycles. The fourth-order valence-electron chi connectivity index (χ4n) is 1.36. The van der Waals surface area contributed by atoms with Crippen molar-refractivity contribution >= 4 is 33.8 Å². The van der Waals surface area contributed by atoms with E-state index in [0.29, 0.717) is 22.1 Å². The van der Waals surface area contributed by atoms with Crippen molar-refractivity contribution in [1.82, 2.24) is 0 Å². The Balaban J connectivity index is 2.31. The van der Waals surface area contributed by atoms with Gasteiger partial charge in [0.05, 0.1) is 5.02 Å². The number of ether oxygens (including phenoxy) is 1. The molecular weight excluding hydrogens is 322 g/mol. The summed E-state index contributed by atoms with van der Waals surface area (Å²) < 4.78 is 19.6. The van der Waals surface area contributed by atoms with Crippen LogP contribution in [-0.4, -0.2) is 6.29 Å². The molecule has 0 unspecified atom stereocenters. The summed E-state index contributed by atoms with van der Waals surface area (Å²) in [7, 11) is 0. The molecular formula is C13H7BrClFO2. The third-order valence-corrected chi connectivity index (χ3v) is 3.22. The molecule has 0 N–H and O–H groups in total. The quantitative estimate of drug-likeness (QED) is 0.753. The second-order valence-corrected chi connectivity index (χ2v) is 4.72. The first-order chi connectivity index (χ1) is 8.61. The highest BCUT2D eigenvalue weighted by Crippen LogP contribution is 2.30. The highest BCUT2D eigenvalue weighted by Gasteiger charge is 2.09. The Morgan fingerprint density at radius 1 is 1.28 bits per heavy atom. The van der Waals surface area contributed by atoms with Crippen LogP contribution >= 0.6 is 27.5 Å². The van der Waals surface area contributed by atoms with Gasteiger partial charge in [-0.2, -0.15) is 0 Å². The molecule has 0 aromatic heterocycles. The summed E-state index contributed by atoms with van der Waals surface area (Å²) in [6.07, 6.45) is 0.716. The Labute approximate surface area is 116 Å². The molecule has 0 aliphatic carbocycles. The average molecular weight is 330 g/mol. The van der Waals surface area contributed by atoms with Crippen LogP contribution < -0.4 is 4.74 Å². The Morgan fingerprint density at radius 2 is 2.06 bits per heavy atom. The van der Waals surface area contributed by atoms with Crippen molar-refractivity contribution in [2.45, 2.75) is 0 Å². The second-order valence-electron chi connectivity index (χ2n) is 3.46. The van der Waals surface area contributed by atoms with Crippen molar-refractivity contribution < 1.29 is 13.9 Å². The summed E-state index contributed by atoms with van der Waals surface area (Å²) in [6.45, 7) is 0. The van der Waals surface area contributed by atoms with Gasteiger partial charge in [0.25, 0.3) is 0 Å². The van der Waals surface area contributed by atoms with E-state index in [1.54, 1.807) is 24.3 Å². The molecule has 0 spiro atoms. The van der Waals surface area contributed by atoms with E-state index in [-0.39, 0.29) is 10.8 Å². The van der Waals surface area contributed by atoms with Crippen molar-refractivity contribution in [3.63, 3.8) is 0 Å². The van der Waals surface area contributed by atoms with Crippen LogP contribution in [0, 0.1) is 5.82 Å². The summed E-state index contributed by atoms with van der Waals surface area (Å²) in [5, 5.41) is -0.00363. The van der Waals surface area contributed by atoms with Crippen LogP contribution in [0.25, 0.3) is 0 Å². The lowest BCUT2D eigenvalue weighted by molar-refractivity contribution is 0.112. The Bertz CT molecular complexity index is 602. The van der Waals surface area contributed by atoms with Crippen molar-refractivity contribution in [3.8, 4) is 11.5 Å². The molecule has 0 amide bonds. The predicted molar refractivity (Wildman–Crippen MR) is 71.0 cm³/mol. The van der Waals surface area contributed by atoms with Gasteiger partial charge in [-0.05, 0) is 46.3 Å². The normalized spacial score (nSPS) is 10.2. The second kappa shape index (κ2) is 5.50. The molecule has 2 rings (SSSR count). The van der Waals surface area contributed by atoms with E-state index in [1.165, 1.54) is 12.1 Å². The van der Waals surface area contributed by atoms with Gasteiger partial charge in [-0.25, -0.2) is 4.39 Å². The van der Waals surface area contributed by atoms with Crippen molar-refractivity contribution in [2.24, 2.45) is 0 Å². The molecule has 0 radical (unpaired) electrons. The fourth-order valence-corrected chi connectivity index (χ4v) is 1.97. The maximum absolute atomic E-state index is 13.6. The SMILES string of the molecule is O=Cc1ccc(Oc2cccc(Cl)c2F)cc1Br. The number of rotatable bonds is 3. The van der Waals surface area contributed by atoms with E-state index >= 15 is 0 Å². The maximum Gasteiger partial charge on any atom is 0.184 e. The van der Waals surface area contributed by atoms with Crippen molar-refractivity contribution in [2.75, 3.05) is 0 Å². The number of halogens is 3. The molecule has 2 aromatic rings. The fraction of sp³-hybridized carbons (Fsp3) is 0. The molecule has 2 nitrogen and oxygen atoms in total. The van der Waals surface area contributed by atoms with E-state index in [2.05, 4.69) is 15.9 Å². The Kier molecular flexibility index (Phi) is 3.99. The minimum atomic E-state index is -0.616.